The molecule has 2 aromatic rings. The molecule has 0 N–H and O–H groups in total. The summed E-state index contributed by atoms with van der Waals surface area (Å²) in [5.41, 5.74) is 1.37. The standard InChI is InChI=1S/C20H22O12S2/c1-25-13-5-11(7-31-33(3,21)22)15(19-17(13)27-9-29-19)16-12(8-32-34(4,23)24)6-14(26-2)18-20(16)30-10-28-18/h5-6H,7-10H2,1-4H3. The van der Waals surface area contributed by atoms with Gasteiger partial charge in [0, 0.05) is 11.1 Å². The van der Waals surface area contributed by atoms with Crippen LogP contribution in [0.1, 0.15) is 11.1 Å². The second-order valence-electron chi connectivity index (χ2n) is 7.29. The first-order chi connectivity index (χ1) is 16.0. The molecule has 0 aromatic heterocycles. The van der Waals surface area contributed by atoms with Crippen LogP contribution in [0.2, 0.25) is 0 Å². The van der Waals surface area contributed by atoms with E-state index < -0.39 is 20.2 Å². The molecule has 0 spiro atoms. The van der Waals surface area contributed by atoms with E-state index in [1.165, 1.54) is 14.2 Å². The van der Waals surface area contributed by atoms with Gasteiger partial charge in [0.2, 0.25) is 25.1 Å². The molecule has 12 nitrogen and oxygen atoms in total. The molecule has 0 atom stereocenters. The first-order valence-electron chi connectivity index (χ1n) is 9.70. The average molecular weight is 519 g/mol. The van der Waals surface area contributed by atoms with Crippen molar-refractivity contribution in [3.63, 3.8) is 0 Å². The Labute approximate surface area is 196 Å². The largest absolute Gasteiger partial charge is 0.493 e. The molecule has 0 radical (unpaired) electrons. The Morgan fingerprint density at radius 3 is 1.35 bits per heavy atom. The number of methoxy groups -OCH3 is 2. The van der Waals surface area contributed by atoms with Gasteiger partial charge in [0.05, 0.1) is 39.9 Å². The Kier molecular flexibility index (Phi) is 6.42. The summed E-state index contributed by atoms with van der Waals surface area (Å²) in [6.07, 6.45) is 1.84. The maximum atomic E-state index is 11.7. The summed E-state index contributed by atoms with van der Waals surface area (Å²) >= 11 is 0. The molecule has 2 aliphatic heterocycles. The summed E-state index contributed by atoms with van der Waals surface area (Å²) in [6.45, 7) is -1.01. The Morgan fingerprint density at radius 2 is 1.03 bits per heavy atom. The maximum Gasteiger partial charge on any atom is 0.264 e. The quantitative estimate of drug-likeness (QED) is 0.447. The summed E-state index contributed by atoms with van der Waals surface area (Å²) < 4.78 is 90.4. The van der Waals surface area contributed by atoms with Crippen LogP contribution in [0.25, 0.3) is 11.1 Å². The Hall–Kier alpha value is -2.94. The molecule has 2 aromatic carbocycles. The van der Waals surface area contributed by atoms with E-state index in [2.05, 4.69) is 0 Å². The summed E-state index contributed by atoms with van der Waals surface area (Å²) in [4.78, 5) is 0. The third-order valence-corrected chi connectivity index (χ3v) is 6.02. The number of hydrogen-bond acceptors (Lipinski definition) is 12. The van der Waals surface area contributed by atoms with Crippen LogP contribution in [-0.4, -0.2) is 57.2 Å². The second kappa shape index (κ2) is 9.02. The highest BCUT2D eigenvalue weighted by molar-refractivity contribution is 7.86. The van der Waals surface area contributed by atoms with E-state index in [1.807, 2.05) is 0 Å². The Bertz CT molecular complexity index is 1230. The van der Waals surface area contributed by atoms with Gasteiger partial charge >= 0.3 is 0 Å². The Balaban J connectivity index is 2.01. The SMILES string of the molecule is COc1cc(COS(C)(=O)=O)c(-c2c(COS(C)(=O)=O)cc(OC)c3c2OCO3)c2c1OCO2. The normalized spacial score (nSPS) is 14.4. The minimum absolute atomic E-state index is 0.125. The van der Waals surface area contributed by atoms with Crippen LogP contribution < -0.4 is 28.4 Å². The van der Waals surface area contributed by atoms with Crippen molar-refractivity contribution in [1.82, 2.24) is 0 Å². The van der Waals surface area contributed by atoms with Crippen molar-refractivity contribution in [2.24, 2.45) is 0 Å². The minimum atomic E-state index is -3.81. The van der Waals surface area contributed by atoms with Crippen LogP contribution in [-0.2, 0) is 41.8 Å². The fourth-order valence-corrected chi connectivity index (χ4v) is 4.28. The second-order valence-corrected chi connectivity index (χ2v) is 10.6. The van der Waals surface area contributed by atoms with Gasteiger partial charge < -0.3 is 28.4 Å². The van der Waals surface area contributed by atoms with Crippen LogP contribution in [0.3, 0.4) is 0 Å². The lowest BCUT2D eigenvalue weighted by atomic mass is 9.92. The summed E-state index contributed by atoms with van der Waals surface area (Å²) in [5.74, 6) is 1.60. The molecule has 0 saturated carbocycles. The molecule has 0 unspecified atom stereocenters. The predicted octanol–water partition coefficient (Wildman–Crippen LogP) is 1.78. The molecule has 0 saturated heterocycles. The van der Waals surface area contributed by atoms with E-state index in [0.717, 1.165) is 12.5 Å². The molecule has 0 aliphatic carbocycles. The van der Waals surface area contributed by atoms with Gasteiger partial charge in [-0.3, -0.25) is 8.37 Å². The van der Waals surface area contributed by atoms with Crippen LogP contribution in [0.15, 0.2) is 12.1 Å². The van der Waals surface area contributed by atoms with Gasteiger partial charge in [-0.25, -0.2) is 0 Å². The van der Waals surface area contributed by atoms with Crippen molar-refractivity contribution in [2.75, 3.05) is 40.3 Å². The lowest BCUT2D eigenvalue weighted by Crippen LogP contribution is -2.07. The molecule has 2 aliphatic rings. The molecular formula is C20H22O12S2. The van der Waals surface area contributed by atoms with Gasteiger partial charge in [0.25, 0.3) is 20.2 Å². The van der Waals surface area contributed by atoms with Gasteiger partial charge in [-0.1, -0.05) is 0 Å². The lowest BCUT2D eigenvalue weighted by Gasteiger charge is -2.20. The van der Waals surface area contributed by atoms with Crippen LogP contribution >= 0.6 is 0 Å². The van der Waals surface area contributed by atoms with Crippen molar-refractivity contribution in [3.8, 4) is 45.6 Å². The maximum absolute atomic E-state index is 11.7. The average Bonchev–Trinajstić information content (AvgIpc) is 3.44. The van der Waals surface area contributed by atoms with E-state index in [0.29, 0.717) is 33.8 Å². The van der Waals surface area contributed by atoms with Gasteiger partial charge in [0.1, 0.15) is 0 Å². The highest BCUT2D eigenvalue weighted by Gasteiger charge is 2.34. The molecule has 0 bridgehead atoms. The molecule has 14 heteroatoms. The number of fused-ring (bicyclic) bond motifs is 2. The first-order valence-corrected chi connectivity index (χ1v) is 13.3. The summed E-state index contributed by atoms with van der Waals surface area (Å²) in [6, 6.07) is 3.09. The van der Waals surface area contributed by atoms with E-state index in [-0.39, 0.29) is 49.8 Å². The lowest BCUT2D eigenvalue weighted by molar-refractivity contribution is 0.170. The smallest absolute Gasteiger partial charge is 0.264 e. The predicted molar refractivity (Wildman–Crippen MR) is 116 cm³/mol. The zero-order valence-electron chi connectivity index (χ0n) is 18.7. The summed E-state index contributed by atoms with van der Waals surface area (Å²) in [5, 5.41) is 0. The summed E-state index contributed by atoms with van der Waals surface area (Å²) in [7, 11) is -4.77. The van der Waals surface area contributed by atoms with Gasteiger partial charge in [-0.2, -0.15) is 16.8 Å². The zero-order chi connectivity index (χ0) is 24.7. The van der Waals surface area contributed by atoms with Crippen molar-refractivity contribution in [2.45, 2.75) is 13.2 Å². The van der Waals surface area contributed by atoms with Crippen LogP contribution in [0, 0.1) is 0 Å². The molecule has 0 amide bonds. The first kappa shape index (κ1) is 24.2. The minimum Gasteiger partial charge on any atom is -0.493 e. The van der Waals surface area contributed by atoms with E-state index in [4.69, 9.17) is 36.8 Å². The third kappa shape index (κ3) is 4.80. The van der Waals surface area contributed by atoms with E-state index in [9.17, 15) is 16.8 Å². The number of rotatable bonds is 9. The molecule has 0 fully saturated rings. The van der Waals surface area contributed by atoms with E-state index >= 15 is 0 Å². The number of hydrogen-bond donors (Lipinski definition) is 0. The highest BCUT2D eigenvalue weighted by Crippen LogP contribution is 2.56. The van der Waals surface area contributed by atoms with Crippen molar-refractivity contribution >= 4 is 20.2 Å². The van der Waals surface area contributed by atoms with Crippen molar-refractivity contribution in [1.29, 1.82) is 0 Å². The molecule has 4 rings (SSSR count). The molecule has 2 heterocycles. The van der Waals surface area contributed by atoms with Crippen LogP contribution in [0.5, 0.6) is 34.5 Å². The third-order valence-electron chi connectivity index (χ3n) is 4.93. The molecular weight excluding hydrogens is 496 g/mol. The van der Waals surface area contributed by atoms with Gasteiger partial charge in [-0.15, -0.1) is 0 Å². The molecule has 34 heavy (non-hydrogen) atoms. The van der Waals surface area contributed by atoms with Crippen molar-refractivity contribution in [3.05, 3.63) is 23.3 Å². The fraction of sp³-hybridized carbons (Fsp3) is 0.400. The monoisotopic (exact) mass is 518 g/mol. The van der Waals surface area contributed by atoms with Crippen molar-refractivity contribution < 1.29 is 53.6 Å². The Morgan fingerprint density at radius 1 is 0.676 bits per heavy atom. The van der Waals surface area contributed by atoms with Crippen LogP contribution in [0.4, 0.5) is 0 Å². The highest BCUT2D eigenvalue weighted by atomic mass is 32.2. The van der Waals surface area contributed by atoms with Gasteiger partial charge in [0.15, 0.2) is 23.0 Å². The fourth-order valence-electron chi connectivity index (χ4n) is 3.60. The van der Waals surface area contributed by atoms with E-state index in [1.54, 1.807) is 12.1 Å². The zero-order valence-corrected chi connectivity index (χ0v) is 20.3. The topological polar surface area (TPSA) is 142 Å². The van der Waals surface area contributed by atoms with Gasteiger partial charge in [-0.05, 0) is 23.3 Å². The number of ether oxygens (including phenoxy) is 6. The number of benzene rings is 2. The molecule has 186 valence electrons.